The zero-order valence-electron chi connectivity index (χ0n) is 9.24. The summed E-state index contributed by atoms with van der Waals surface area (Å²) in [5.41, 5.74) is -1.13. The van der Waals surface area contributed by atoms with Crippen LogP contribution >= 0.6 is 0 Å². The van der Waals surface area contributed by atoms with E-state index in [9.17, 15) is 18.0 Å². The van der Waals surface area contributed by atoms with E-state index in [0.717, 1.165) is 16.7 Å². The van der Waals surface area contributed by atoms with Crippen LogP contribution in [-0.4, -0.2) is 34.9 Å². The molecule has 0 aromatic carbocycles. The standard InChI is InChI=1S/C9H12N2O6S/c10-18(16,17)3-1-2-11-7(9(14)15)4-6(12)5-8(11)13/h4-5,12H,1-3H2,(H,14,15)(H2,10,16,17). The fourth-order valence-electron chi connectivity index (χ4n) is 1.41. The molecular weight excluding hydrogens is 264 g/mol. The van der Waals surface area contributed by atoms with Gasteiger partial charge in [-0.15, -0.1) is 0 Å². The molecular formula is C9H12N2O6S. The third-order valence-electron chi connectivity index (χ3n) is 2.14. The summed E-state index contributed by atoms with van der Waals surface area (Å²) in [6.07, 6.45) is 0.00377. The van der Waals surface area contributed by atoms with Gasteiger partial charge in [0.1, 0.15) is 11.4 Å². The fourth-order valence-corrected chi connectivity index (χ4v) is 1.95. The van der Waals surface area contributed by atoms with Gasteiger partial charge in [0.05, 0.1) is 5.75 Å². The third kappa shape index (κ3) is 3.86. The molecule has 1 heterocycles. The molecule has 0 amide bonds. The maximum absolute atomic E-state index is 11.5. The predicted molar refractivity (Wildman–Crippen MR) is 61.9 cm³/mol. The molecule has 0 atom stereocenters. The number of nitrogens with zero attached hydrogens (tertiary/aromatic N) is 1. The Bertz CT molecular complexity index is 618. The SMILES string of the molecule is NS(=O)(=O)CCCn1c(C(=O)O)cc(O)cc1=O. The second-order valence-corrected chi connectivity index (χ2v) is 5.35. The third-order valence-corrected chi connectivity index (χ3v) is 3.00. The molecule has 0 saturated heterocycles. The Morgan fingerprint density at radius 2 is 2.00 bits per heavy atom. The van der Waals surface area contributed by atoms with Crippen LogP contribution in [0.2, 0.25) is 0 Å². The predicted octanol–water partition coefficient (Wildman–Crippen LogP) is -1.07. The molecule has 8 nitrogen and oxygen atoms in total. The Hall–Kier alpha value is -1.87. The maximum Gasteiger partial charge on any atom is 0.352 e. The highest BCUT2D eigenvalue weighted by Gasteiger charge is 2.13. The first kappa shape index (κ1) is 14.2. The van der Waals surface area contributed by atoms with Crippen LogP contribution in [0.25, 0.3) is 0 Å². The summed E-state index contributed by atoms with van der Waals surface area (Å²) in [4.78, 5) is 22.4. The van der Waals surface area contributed by atoms with Gasteiger partial charge in [-0.2, -0.15) is 0 Å². The normalized spacial score (nSPS) is 11.4. The second kappa shape index (κ2) is 5.19. The molecule has 100 valence electrons. The first-order valence-electron chi connectivity index (χ1n) is 4.88. The number of sulfonamides is 1. The lowest BCUT2D eigenvalue weighted by atomic mass is 10.3. The molecule has 4 N–H and O–H groups in total. The van der Waals surface area contributed by atoms with Crippen LogP contribution in [0.1, 0.15) is 16.9 Å². The van der Waals surface area contributed by atoms with Gasteiger partial charge in [0.25, 0.3) is 5.56 Å². The lowest BCUT2D eigenvalue weighted by Crippen LogP contribution is -2.27. The van der Waals surface area contributed by atoms with Gasteiger partial charge in [0.2, 0.25) is 10.0 Å². The van der Waals surface area contributed by atoms with Gasteiger partial charge < -0.3 is 14.8 Å². The molecule has 0 radical (unpaired) electrons. The van der Waals surface area contributed by atoms with Crippen molar-refractivity contribution >= 4 is 16.0 Å². The minimum atomic E-state index is -3.66. The van der Waals surface area contributed by atoms with Crippen molar-refractivity contribution in [3.05, 3.63) is 28.2 Å². The van der Waals surface area contributed by atoms with E-state index in [4.69, 9.17) is 15.4 Å². The molecule has 0 spiro atoms. The Morgan fingerprint density at radius 1 is 1.39 bits per heavy atom. The average Bonchev–Trinajstić information content (AvgIpc) is 2.18. The number of aromatic carboxylic acids is 1. The lowest BCUT2D eigenvalue weighted by molar-refractivity contribution is 0.0682. The van der Waals surface area contributed by atoms with Crippen molar-refractivity contribution in [3.63, 3.8) is 0 Å². The van der Waals surface area contributed by atoms with E-state index in [1.54, 1.807) is 0 Å². The minimum Gasteiger partial charge on any atom is -0.508 e. The van der Waals surface area contributed by atoms with Crippen LogP contribution in [0.15, 0.2) is 16.9 Å². The number of nitrogens with two attached hydrogens (primary N) is 1. The number of pyridine rings is 1. The smallest absolute Gasteiger partial charge is 0.352 e. The zero-order chi connectivity index (χ0) is 13.9. The van der Waals surface area contributed by atoms with Crippen molar-refractivity contribution in [2.45, 2.75) is 13.0 Å². The van der Waals surface area contributed by atoms with Gasteiger partial charge in [0.15, 0.2) is 0 Å². The number of primary sulfonamides is 1. The molecule has 18 heavy (non-hydrogen) atoms. The number of carboxylic acid groups (broad SMARTS) is 1. The quantitative estimate of drug-likeness (QED) is 0.625. The highest BCUT2D eigenvalue weighted by atomic mass is 32.2. The summed E-state index contributed by atoms with van der Waals surface area (Å²) in [5, 5.41) is 22.8. The Morgan fingerprint density at radius 3 is 2.50 bits per heavy atom. The number of rotatable bonds is 5. The lowest BCUT2D eigenvalue weighted by Gasteiger charge is -2.09. The molecule has 1 aromatic heterocycles. The van der Waals surface area contributed by atoms with Crippen molar-refractivity contribution in [3.8, 4) is 5.75 Å². The highest BCUT2D eigenvalue weighted by molar-refractivity contribution is 7.89. The Labute approximate surface area is 102 Å². The Balaban J connectivity index is 3.01. The first-order chi connectivity index (χ1) is 8.20. The summed E-state index contributed by atoms with van der Waals surface area (Å²) in [6.45, 7) is -0.114. The molecule has 1 rings (SSSR count). The summed E-state index contributed by atoms with van der Waals surface area (Å²) < 4.78 is 22.3. The second-order valence-electron chi connectivity index (χ2n) is 3.61. The topological polar surface area (TPSA) is 140 Å². The number of hydrogen-bond donors (Lipinski definition) is 3. The van der Waals surface area contributed by atoms with Gasteiger partial charge in [-0.1, -0.05) is 0 Å². The molecule has 9 heteroatoms. The monoisotopic (exact) mass is 276 g/mol. The van der Waals surface area contributed by atoms with Gasteiger partial charge in [-0.25, -0.2) is 18.4 Å². The maximum atomic E-state index is 11.5. The van der Waals surface area contributed by atoms with Gasteiger partial charge in [0, 0.05) is 18.7 Å². The number of aromatic hydroxyl groups is 1. The van der Waals surface area contributed by atoms with Crippen molar-refractivity contribution in [1.29, 1.82) is 0 Å². The van der Waals surface area contributed by atoms with E-state index in [1.165, 1.54) is 0 Å². The van der Waals surface area contributed by atoms with Crippen LogP contribution in [0.5, 0.6) is 5.75 Å². The molecule has 0 aliphatic heterocycles. The average molecular weight is 276 g/mol. The van der Waals surface area contributed by atoms with E-state index in [1.807, 2.05) is 0 Å². The molecule has 0 aliphatic rings. The number of carbonyl (C=O) groups is 1. The highest BCUT2D eigenvalue weighted by Crippen LogP contribution is 2.08. The zero-order valence-corrected chi connectivity index (χ0v) is 10.1. The van der Waals surface area contributed by atoms with Gasteiger partial charge in [-0.3, -0.25) is 4.79 Å². The van der Waals surface area contributed by atoms with Crippen molar-refractivity contribution in [2.75, 3.05) is 5.75 Å². The van der Waals surface area contributed by atoms with Crippen molar-refractivity contribution in [2.24, 2.45) is 5.14 Å². The fraction of sp³-hybridized carbons (Fsp3) is 0.333. The van der Waals surface area contributed by atoms with Crippen LogP contribution in [-0.2, 0) is 16.6 Å². The number of aromatic nitrogens is 1. The van der Waals surface area contributed by atoms with Crippen LogP contribution < -0.4 is 10.7 Å². The largest absolute Gasteiger partial charge is 0.508 e. The number of hydrogen-bond acceptors (Lipinski definition) is 5. The Kier molecular flexibility index (Phi) is 4.09. The van der Waals surface area contributed by atoms with Crippen molar-refractivity contribution in [1.82, 2.24) is 4.57 Å². The minimum absolute atomic E-state index is 0.00377. The first-order valence-corrected chi connectivity index (χ1v) is 6.60. The van der Waals surface area contributed by atoms with Crippen LogP contribution in [0.3, 0.4) is 0 Å². The van der Waals surface area contributed by atoms with E-state index in [-0.39, 0.29) is 18.7 Å². The van der Waals surface area contributed by atoms with E-state index in [2.05, 4.69) is 0 Å². The molecule has 1 aromatic rings. The van der Waals surface area contributed by atoms with Crippen LogP contribution in [0.4, 0.5) is 0 Å². The molecule has 0 aliphatic carbocycles. The van der Waals surface area contributed by atoms with Crippen molar-refractivity contribution < 1.29 is 23.4 Å². The molecule has 0 saturated carbocycles. The van der Waals surface area contributed by atoms with Gasteiger partial charge in [-0.05, 0) is 6.42 Å². The summed E-state index contributed by atoms with van der Waals surface area (Å²) >= 11 is 0. The summed E-state index contributed by atoms with van der Waals surface area (Å²) in [6, 6.07) is 1.77. The van der Waals surface area contributed by atoms with Gasteiger partial charge >= 0.3 is 5.97 Å². The molecule has 0 fully saturated rings. The van der Waals surface area contributed by atoms with Crippen LogP contribution in [0, 0.1) is 0 Å². The summed E-state index contributed by atoms with van der Waals surface area (Å²) in [7, 11) is -3.66. The molecule has 0 unspecified atom stereocenters. The number of carboxylic acids is 1. The molecule has 0 bridgehead atoms. The van der Waals surface area contributed by atoms with E-state index >= 15 is 0 Å². The summed E-state index contributed by atoms with van der Waals surface area (Å²) in [5.74, 6) is -2.21. The van der Waals surface area contributed by atoms with E-state index < -0.39 is 33.0 Å². The van der Waals surface area contributed by atoms with E-state index in [0.29, 0.717) is 0 Å².